The van der Waals surface area contributed by atoms with E-state index in [-0.39, 0.29) is 11.6 Å². The van der Waals surface area contributed by atoms with Gasteiger partial charge in [0.05, 0.1) is 7.11 Å². The van der Waals surface area contributed by atoms with Crippen LogP contribution in [0.2, 0.25) is 0 Å². The van der Waals surface area contributed by atoms with Gasteiger partial charge in [-0.25, -0.2) is 18.7 Å². The summed E-state index contributed by atoms with van der Waals surface area (Å²) in [5.41, 5.74) is 3.06. The second-order valence-electron chi connectivity index (χ2n) is 5.35. The largest absolute Gasteiger partial charge is 0.467 e. The van der Waals surface area contributed by atoms with Crippen LogP contribution in [0, 0.1) is 0 Å². The normalized spacial score (nSPS) is 14.1. The van der Waals surface area contributed by atoms with Crippen molar-refractivity contribution in [2.24, 2.45) is 0 Å². The molecule has 0 amide bonds. The lowest BCUT2D eigenvalue weighted by molar-refractivity contribution is 0.152. The molecule has 0 N–H and O–H groups in total. The Morgan fingerprint density at radius 1 is 1.23 bits per heavy atom. The lowest BCUT2D eigenvalue weighted by Gasteiger charge is -2.29. The quantitative estimate of drug-likeness (QED) is 0.870. The number of aryl methyl sites for hydroxylation is 1. The van der Waals surface area contributed by atoms with E-state index in [0.29, 0.717) is 11.1 Å². The molecule has 4 nitrogen and oxygen atoms in total. The molecule has 1 aliphatic rings. The predicted octanol–water partition coefficient (Wildman–Crippen LogP) is 3.47. The fraction of sp³-hybridized carbons (Fsp3) is 0.375. The van der Waals surface area contributed by atoms with Gasteiger partial charge in [-0.1, -0.05) is 0 Å². The third-order valence-electron chi connectivity index (χ3n) is 3.96. The molecule has 0 saturated heterocycles. The number of methoxy groups -OCH3 is 1. The van der Waals surface area contributed by atoms with Gasteiger partial charge < -0.3 is 9.64 Å². The maximum Gasteiger partial charge on any atom is 0.316 e. The number of hydrogen-bond donors (Lipinski definition) is 0. The fourth-order valence-electron chi connectivity index (χ4n) is 2.82. The summed E-state index contributed by atoms with van der Waals surface area (Å²) in [6.45, 7) is 0.890. The van der Waals surface area contributed by atoms with Crippen molar-refractivity contribution < 1.29 is 13.5 Å². The van der Waals surface area contributed by atoms with Crippen LogP contribution in [-0.4, -0.2) is 30.7 Å². The van der Waals surface area contributed by atoms with Crippen LogP contribution in [-0.2, 0) is 6.42 Å². The van der Waals surface area contributed by atoms with Gasteiger partial charge >= 0.3 is 6.01 Å². The van der Waals surface area contributed by atoms with Crippen LogP contribution in [0.25, 0.3) is 11.1 Å². The minimum Gasteiger partial charge on any atom is -0.467 e. The van der Waals surface area contributed by atoms with Gasteiger partial charge in [-0.15, -0.1) is 0 Å². The van der Waals surface area contributed by atoms with Gasteiger partial charge in [-0.3, -0.25) is 0 Å². The van der Waals surface area contributed by atoms with Crippen LogP contribution < -0.4 is 9.64 Å². The van der Waals surface area contributed by atoms with Gasteiger partial charge in [-0.2, -0.15) is 0 Å². The molecule has 3 rings (SSSR count). The second-order valence-corrected chi connectivity index (χ2v) is 5.35. The maximum absolute atomic E-state index is 13.5. The predicted molar refractivity (Wildman–Crippen MR) is 80.6 cm³/mol. The van der Waals surface area contributed by atoms with Gasteiger partial charge in [0.2, 0.25) is 0 Å². The van der Waals surface area contributed by atoms with Crippen molar-refractivity contribution in [1.29, 1.82) is 0 Å². The minimum absolute atomic E-state index is 0.0151. The topological polar surface area (TPSA) is 38.2 Å². The number of ether oxygens (including phenoxy) is 1. The molecule has 0 atom stereocenters. The Kier molecular flexibility index (Phi) is 3.92. The van der Waals surface area contributed by atoms with E-state index in [1.54, 1.807) is 6.07 Å². The van der Waals surface area contributed by atoms with Crippen molar-refractivity contribution in [3.63, 3.8) is 0 Å². The highest BCUT2D eigenvalue weighted by molar-refractivity contribution is 5.73. The molecule has 0 aliphatic carbocycles. The van der Waals surface area contributed by atoms with Crippen molar-refractivity contribution in [2.75, 3.05) is 25.6 Å². The molecule has 2 heterocycles. The highest BCUT2D eigenvalue weighted by Crippen LogP contribution is 2.38. The van der Waals surface area contributed by atoms with Crippen LogP contribution in [0.4, 0.5) is 14.5 Å². The van der Waals surface area contributed by atoms with E-state index in [0.717, 1.165) is 30.6 Å². The molecule has 22 heavy (non-hydrogen) atoms. The van der Waals surface area contributed by atoms with E-state index in [1.807, 2.05) is 18.0 Å². The lowest BCUT2D eigenvalue weighted by Crippen LogP contribution is -2.25. The van der Waals surface area contributed by atoms with Gasteiger partial charge in [0, 0.05) is 42.8 Å². The molecular formula is C16H17F2N3O. The number of aromatic nitrogens is 2. The summed E-state index contributed by atoms with van der Waals surface area (Å²) in [7, 11) is 3.40. The molecule has 0 fully saturated rings. The van der Waals surface area contributed by atoms with Gasteiger partial charge in [-0.05, 0) is 36.1 Å². The zero-order chi connectivity index (χ0) is 15.7. The molecule has 2 aromatic rings. The van der Waals surface area contributed by atoms with Gasteiger partial charge in [0.1, 0.15) is 0 Å². The number of alkyl halides is 2. The van der Waals surface area contributed by atoms with Crippen LogP contribution in [0.3, 0.4) is 0 Å². The van der Waals surface area contributed by atoms with E-state index in [2.05, 4.69) is 9.97 Å². The van der Waals surface area contributed by atoms with Crippen molar-refractivity contribution in [3.05, 3.63) is 35.7 Å². The maximum atomic E-state index is 13.5. The molecule has 0 saturated carbocycles. The second kappa shape index (κ2) is 5.87. The number of anilines is 1. The van der Waals surface area contributed by atoms with E-state index >= 15 is 0 Å². The molecule has 116 valence electrons. The molecule has 6 heteroatoms. The Morgan fingerprint density at radius 2 is 1.95 bits per heavy atom. The van der Waals surface area contributed by atoms with Crippen molar-refractivity contribution >= 4 is 5.69 Å². The van der Waals surface area contributed by atoms with Crippen LogP contribution >= 0.6 is 0 Å². The number of fused-ring (bicyclic) bond motifs is 1. The van der Waals surface area contributed by atoms with Gasteiger partial charge in [0.15, 0.2) is 0 Å². The van der Waals surface area contributed by atoms with Crippen molar-refractivity contribution in [1.82, 2.24) is 9.97 Å². The van der Waals surface area contributed by atoms with E-state index < -0.39 is 6.43 Å². The Labute approximate surface area is 127 Å². The molecule has 0 bridgehead atoms. The first-order valence-electron chi connectivity index (χ1n) is 7.12. The summed E-state index contributed by atoms with van der Waals surface area (Å²) < 4.78 is 31.9. The number of halogens is 2. The molecule has 0 spiro atoms. The van der Waals surface area contributed by atoms with Crippen LogP contribution in [0.15, 0.2) is 24.5 Å². The van der Waals surface area contributed by atoms with Crippen molar-refractivity contribution in [2.45, 2.75) is 19.3 Å². The molecule has 0 unspecified atom stereocenters. The van der Waals surface area contributed by atoms with Gasteiger partial charge in [0.25, 0.3) is 6.43 Å². The Morgan fingerprint density at radius 3 is 2.59 bits per heavy atom. The smallest absolute Gasteiger partial charge is 0.316 e. The summed E-state index contributed by atoms with van der Waals surface area (Å²) in [6, 6.07) is 3.66. The number of hydrogen-bond acceptors (Lipinski definition) is 4. The highest BCUT2D eigenvalue weighted by atomic mass is 19.3. The average molecular weight is 305 g/mol. The Hall–Kier alpha value is -2.24. The van der Waals surface area contributed by atoms with E-state index in [9.17, 15) is 8.78 Å². The number of nitrogens with zero attached hydrogens (tertiary/aromatic N) is 3. The van der Waals surface area contributed by atoms with E-state index in [1.165, 1.54) is 19.5 Å². The molecule has 1 aromatic carbocycles. The Balaban J connectivity index is 2.12. The zero-order valence-corrected chi connectivity index (χ0v) is 12.5. The van der Waals surface area contributed by atoms with Crippen LogP contribution in [0.5, 0.6) is 6.01 Å². The summed E-state index contributed by atoms with van der Waals surface area (Å²) in [4.78, 5) is 10.1. The third kappa shape index (κ3) is 2.61. The summed E-state index contributed by atoms with van der Waals surface area (Å²) in [6.07, 6.45) is 2.42. The lowest BCUT2D eigenvalue weighted by atomic mass is 9.93. The minimum atomic E-state index is -2.54. The van der Waals surface area contributed by atoms with Crippen molar-refractivity contribution in [3.8, 4) is 17.1 Å². The molecule has 0 radical (unpaired) electrons. The van der Waals surface area contributed by atoms with E-state index in [4.69, 9.17) is 4.74 Å². The number of rotatable bonds is 3. The summed E-state index contributed by atoms with van der Waals surface area (Å²) >= 11 is 0. The standard InChI is InChI=1S/C16H17F2N3O/c1-21-5-3-4-10-6-12(13(15(17)18)7-14(10)21)11-8-19-16(22-2)20-9-11/h6-9,15H,3-5H2,1-2H3. The number of benzene rings is 1. The summed E-state index contributed by atoms with van der Waals surface area (Å²) in [5, 5.41) is 0. The fourth-order valence-corrected chi connectivity index (χ4v) is 2.82. The first-order chi connectivity index (χ1) is 10.6. The Bertz CT molecular complexity index is 674. The zero-order valence-electron chi connectivity index (χ0n) is 12.5. The summed E-state index contributed by atoms with van der Waals surface area (Å²) in [5.74, 6) is 0. The highest BCUT2D eigenvalue weighted by Gasteiger charge is 2.22. The van der Waals surface area contributed by atoms with Crippen LogP contribution in [0.1, 0.15) is 24.0 Å². The average Bonchev–Trinajstić information content (AvgIpc) is 2.54. The third-order valence-corrected chi connectivity index (χ3v) is 3.96. The molecular weight excluding hydrogens is 288 g/mol. The SMILES string of the molecule is COc1ncc(-c2cc3c(cc2C(F)F)N(C)CCC3)cn1. The first-order valence-corrected chi connectivity index (χ1v) is 7.12. The first kappa shape index (κ1) is 14.7. The molecule has 1 aliphatic heterocycles. The monoisotopic (exact) mass is 305 g/mol. The molecule has 1 aromatic heterocycles.